The van der Waals surface area contributed by atoms with E-state index < -0.39 is 0 Å². The zero-order valence-corrected chi connectivity index (χ0v) is 45.1. The molecule has 0 aromatic heterocycles. The van der Waals surface area contributed by atoms with E-state index in [1.54, 1.807) is 0 Å². The minimum absolute atomic E-state index is 0.0349. The third kappa shape index (κ3) is 6.05. The largest absolute Gasteiger partial charge is 0.0616 e. The van der Waals surface area contributed by atoms with Gasteiger partial charge in [0, 0.05) is 5.41 Å². The molecule has 0 heterocycles. The standard InChI is InChI=1S/C77H58/c1-75(2,3)47-34-36-57-65(40-47)77(7,8)66-41-48(76(4,5)6)39-60(69(57)66)46-33-35-52-61(37-46)56-30-18-31-58-67(56)62(52)42-64-70(54-27-15-22-43-19-9-12-24-49(43)54)73-59-32-17-29-53-51-26-14-11-21-45(51)38-63(68(53)59)74(73)72(71(58)64)55-28-16-23-44-20-10-13-25-50(44)55/h9-42H,1-8H3. The van der Waals surface area contributed by atoms with Gasteiger partial charge >= 0.3 is 0 Å². The van der Waals surface area contributed by atoms with Crippen molar-refractivity contribution >= 4 is 108 Å². The normalized spacial score (nSPS) is 13.8. The molecule has 0 spiro atoms. The highest BCUT2D eigenvalue weighted by atomic mass is 14.4. The summed E-state index contributed by atoms with van der Waals surface area (Å²) in [5, 5.41) is 26.0. The molecule has 0 N–H and O–H groups in total. The van der Waals surface area contributed by atoms with Gasteiger partial charge in [0.05, 0.1) is 0 Å². The lowest BCUT2D eigenvalue weighted by Crippen LogP contribution is -2.19. The molecule has 0 saturated carbocycles. The SMILES string of the molecule is CC(C)(C)c1ccc2c(c1)C(C)(C)c1cc(C(C)(C)C)cc(-c3ccc4c(c3)c3cccc5c6c(-c7cccc8ccccc78)c7c8cc9ccccc9c9cccc(c7c(-c7cccc%10ccccc7%10)c6cc4c35)c98)c1-2. The fourth-order valence-corrected chi connectivity index (χ4v) is 14.6. The van der Waals surface area contributed by atoms with Crippen LogP contribution in [-0.4, -0.2) is 0 Å². The Morgan fingerprint density at radius 2 is 0.792 bits per heavy atom. The van der Waals surface area contributed by atoms with Crippen molar-refractivity contribution in [2.75, 3.05) is 0 Å². The van der Waals surface area contributed by atoms with E-state index in [4.69, 9.17) is 0 Å². The van der Waals surface area contributed by atoms with Crippen LogP contribution in [0, 0.1) is 0 Å². The molecule has 0 fully saturated rings. The molecule has 0 amide bonds. The van der Waals surface area contributed by atoms with Gasteiger partial charge in [-0.15, -0.1) is 0 Å². The van der Waals surface area contributed by atoms with E-state index >= 15 is 0 Å². The first-order valence-electron chi connectivity index (χ1n) is 27.7. The van der Waals surface area contributed by atoms with E-state index in [9.17, 15) is 0 Å². The topological polar surface area (TPSA) is 0 Å². The number of benzene rings is 13. The van der Waals surface area contributed by atoms with Crippen molar-refractivity contribution in [2.45, 2.75) is 71.6 Å². The molecule has 16 rings (SSSR count). The van der Waals surface area contributed by atoms with Gasteiger partial charge in [-0.05, 0) is 210 Å². The first-order valence-corrected chi connectivity index (χ1v) is 27.7. The Balaban J connectivity index is 1.09. The summed E-state index contributed by atoms with van der Waals surface area (Å²) in [6.07, 6.45) is 0. The number of hydrogen-bond acceptors (Lipinski definition) is 0. The first-order chi connectivity index (χ1) is 37.2. The van der Waals surface area contributed by atoms with Crippen LogP contribution in [0.15, 0.2) is 206 Å². The van der Waals surface area contributed by atoms with Gasteiger partial charge in [-0.25, -0.2) is 0 Å². The summed E-state index contributed by atoms with van der Waals surface area (Å²) in [5.41, 5.74) is 16.0. The molecular formula is C77H58. The van der Waals surface area contributed by atoms with Crippen LogP contribution in [0.25, 0.3) is 152 Å². The number of rotatable bonds is 3. The van der Waals surface area contributed by atoms with Crippen molar-refractivity contribution in [1.82, 2.24) is 0 Å². The number of hydrogen-bond donors (Lipinski definition) is 0. The predicted molar refractivity (Wildman–Crippen MR) is 335 cm³/mol. The molecule has 0 radical (unpaired) electrons. The summed E-state index contributed by atoms with van der Waals surface area (Å²) in [6, 6.07) is 80.1. The second-order valence-electron chi connectivity index (χ2n) is 25.1. The van der Waals surface area contributed by atoms with Crippen molar-refractivity contribution < 1.29 is 0 Å². The lowest BCUT2D eigenvalue weighted by Gasteiger charge is -2.27. The van der Waals surface area contributed by atoms with E-state index in [1.165, 1.54) is 174 Å². The Bertz CT molecular complexity index is 5050. The van der Waals surface area contributed by atoms with Crippen LogP contribution in [0.4, 0.5) is 0 Å². The maximum atomic E-state index is 2.61. The fourth-order valence-electron chi connectivity index (χ4n) is 14.6. The van der Waals surface area contributed by atoms with Crippen LogP contribution in [0.5, 0.6) is 0 Å². The lowest BCUT2D eigenvalue weighted by molar-refractivity contribution is 0.580. The van der Waals surface area contributed by atoms with Crippen molar-refractivity contribution in [3.8, 4) is 44.5 Å². The molecule has 1 aliphatic rings. The zero-order chi connectivity index (χ0) is 52.0. The van der Waals surface area contributed by atoms with Crippen LogP contribution < -0.4 is 0 Å². The molecule has 0 heteroatoms. The average molecular weight is 983 g/mol. The second kappa shape index (κ2) is 15.3. The van der Waals surface area contributed by atoms with Gasteiger partial charge in [0.25, 0.3) is 0 Å². The predicted octanol–water partition coefficient (Wildman–Crippen LogP) is 22.0. The van der Waals surface area contributed by atoms with Crippen LogP contribution in [0.3, 0.4) is 0 Å². The van der Waals surface area contributed by atoms with E-state index in [2.05, 4.69) is 262 Å². The third-order valence-corrected chi connectivity index (χ3v) is 18.4. The second-order valence-corrected chi connectivity index (χ2v) is 25.1. The van der Waals surface area contributed by atoms with E-state index in [-0.39, 0.29) is 16.2 Å². The molecule has 15 aromatic rings. The van der Waals surface area contributed by atoms with Gasteiger partial charge in [0.1, 0.15) is 0 Å². The lowest BCUT2D eigenvalue weighted by atomic mass is 9.76. The van der Waals surface area contributed by atoms with Gasteiger partial charge in [-0.3, -0.25) is 0 Å². The van der Waals surface area contributed by atoms with Gasteiger partial charge in [-0.2, -0.15) is 0 Å². The molecule has 0 unspecified atom stereocenters. The molecule has 0 atom stereocenters. The van der Waals surface area contributed by atoms with Gasteiger partial charge in [-0.1, -0.05) is 237 Å². The van der Waals surface area contributed by atoms with Crippen LogP contribution in [-0.2, 0) is 16.2 Å². The summed E-state index contributed by atoms with van der Waals surface area (Å²) < 4.78 is 0. The quantitative estimate of drug-likeness (QED) is 0.155. The smallest absolute Gasteiger partial charge is 0.0159 e. The highest BCUT2D eigenvalue weighted by Gasteiger charge is 2.39. The molecule has 15 aromatic carbocycles. The minimum atomic E-state index is -0.149. The molecule has 0 aliphatic heterocycles. The maximum Gasteiger partial charge on any atom is 0.0159 e. The van der Waals surface area contributed by atoms with Crippen molar-refractivity contribution in [2.24, 2.45) is 0 Å². The first kappa shape index (κ1) is 44.7. The molecule has 0 saturated heterocycles. The fraction of sp³-hybridized carbons (Fsp3) is 0.143. The Hall–Kier alpha value is -8.58. The Kier molecular flexibility index (Phi) is 8.88. The maximum absolute atomic E-state index is 2.61. The van der Waals surface area contributed by atoms with Gasteiger partial charge in [0.2, 0.25) is 0 Å². The highest BCUT2D eigenvalue weighted by Crippen LogP contribution is 2.58. The van der Waals surface area contributed by atoms with E-state index in [0.29, 0.717) is 0 Å². The van der Waals surface area contributed by atoms with Gasteiger partial charge in [0.15, 0.2) is 0 Å². The van der Waals surface area contributed by atoms with Crippen LogP contribution in [0.1, 0.15) is 77.6 Å². The Morgan fingerprint density at radius 1 is 0.260 bits per heavy atom. The monoisotopic (exact) mass is 982 g/mol. The molecule has 77 heavy (non-hydrogen) atoms. The Morgan fingerprint density at radius 3 is 1.48 bits per heavy atom. The molecule has 0 nitrogen and oxygen atoms in total. The van der Waals surface area contributed by atoms with Crippen LogP contribution >= 0.6 is 0 Å². The van der Waals surface area contributed by atoms with Crippen molar-refractivity contribution in [1.29, 1.82) is 0 Å². The van der Waals surface area contributed by atoms with Crippen LogP contribution in [0.2, 0.25) is 0 Å². The Labute approximate surface area is 449 Å². The summed E-state index contributed by atoms with van der Waals surface area (Å²) in [7, 11) is 0. The van der Waals surface area contributed by atoms with Crippen molar-refractivity contribution in [3.63, 3.8) is 0 Å². The molecular weight excluding hydrogens is 925 g/mol. The molecule has 1 aliphatic carbocycles. The summed E-state index contributed by atoms with van der Waals surface area (Å²) in [4.78, 5) is 0. The zero-order valence-electron chi connectivity index (χ0n) is 45.1. The minimum Gasteiger partial charge on any atom is -0.0616 e. The average Bonchev–Trinajstić information content (AvgIpc) is 4.10. The highest BCUT2D eigenvalue weighted by molar-refractivity contribution is 6.47. The number of fused-ring (bicyclic) bond motifs is 15. The third-order valence-electron chi connectivity index (χ3n) is 18.4. The van der Waals surface area contributed by atoms with E-state index in [0.717, 1.165) is 0 Å². The van der Waals surface area contributed by atoms with Crippen molar-refractivity contribution in [3.05, 3.63) is 229 Å². The molecule has 0 bridgehead atoms. The summed E-state index contributed by atoms with van der Waals surface area (Å²) in [5.74, 6) is 0. The van der Waals surface area contributed by atoms with Gasteiger partial charge < -0.3 is 0 Å². The summed E-state index contributed by atoms with van der Waals surface area (Å²) >= 11 is 0. The molecule has 366 valence electrons. The van der Waals surface area contributed by atoms with E-state index in [1.807, 2.05) is 0 Å². The summed E-state index contributed by atoms with van der Waals surface area (Å²) in [6.45, 7) is 19.0.